The van der Waals surface area contributed by atoms with E-state index in [1.54, 1.807) is 0 Å². The maximum atomic E-state index is 13.6. The van der Waals surface area contributed by atoms with Gasteiger partial charge in [-0.1, -0.05) is 326 Å². The molecular formula is C75H141N2O7P. The Balaban J connectivity index is 5.10. The summed E-state index contributed by atoms with van der Waals surface area (Å²) in [4.78, 5) is 40.2. The molecule has 10 heteroatoms. The van der Waals surface area contributed by atoms with Crippen LogP contribution >= 0.6 is 7.82 Å². The highest BCUT2D eigenvalue weighted by Gasteiger charge is 2.27. The first-order valence-corrected chi connectivity index (χ1v) is 38.1. The van der Waals surface area contributed by atoms with E-state index in [4.69, 9.17) is 13.8 Å². The molecule has 0 aliphatic carbocycles. The number of nitrogens with zero attached hydrogens (tertiary/aromatic N) is 1. The summed E-state index contributed by atoms with van der Waals surface area (Å²) in [6, 6.07) is -0.894. The van der Waals surface area contributed by atoms with E-state index < -0.39 is 20.0 Å². The smallest absolute Gasteiger partial charge is 0.306 e. The number of allylic oxidation sites excluding steroid dienone is 9. The topological polar surface area (TPSA) is 114 Å². The van der Waals surface area contributed by atoms with Gasteiger partial charge in [-0.2, -0.15) is 0 Å². The van der Waals surface area contributed by atoms with Gasteiger partial charge in [0.15, 0.2) is 0 Å². The Morgan fingerprint density at radius 1 is 0.412 bits per heavy atom. The third-order valence-electron chi connectivity index (χ3n) is 16.5. The van der Waals surface area contributed by atoms with E-state index in [0.717, 1.165) is 89.9 Å². The van der Waals surface area contributed by atoms with E-state index in [0.29, 0.717) is 17.4 Å². The summed E-state index contributed by atoms with van der Waals surface area (Å²) in [5.41, 5.74) is 0. The number of nitrogens with one attached hydrogen (secondary N) is 1. The molecule has 0 aromatic rings. The highest BCUT2D eigenvalue weighted by Crippen LogP contribution is 2.38. The van der Waals surface area contributed by atoms with Gasteiger partial charge >= 0.3 is 5.97 Å². The van der Waals surface area contributed by atoms with Crippen molar-refractivity contribution in [2.75, 3.05) is 40.9 Å². The van der Waals surface area contributed by atoms with Crippen LogP contribution < -0.4 is 10.2 Å². The Morgan fingerprint density at radius 2 is 0.718 bits per heavy atom. The van der Waals surface area contributed by atoms with Gasteiger partial charge in [-0.25, -0.2) is 0 Å². The van der Waals surface area contributed by atoms with E-state index in [2.05, 4.69) is 74.7 Å². The average molecular weight is 1210 g/mol. The molecule has 0 saturated heterocycles. The minimum absolute atomic E-state index is 0.0236. The molecule has 0 rings (SSSR count). The summed E-state index contributed by atoms with van der Waals surface area (Å²) in [6.07, 6.45) is 83.4. The molecule has 0 heterocycles. The number of esters is 1. The number of quaternary nitrogens is 1. The molecular weight excluding hydrogens is 1070 g/mol. The van der Waals surface area contributed by atoms with Gasteiger partial charge in [0.05, 0.1) is 33.8 Å². The minimum Gasteiger partial charge on any atom is -0.756 e. The quantitative estimate of drug-likeness (QED) is 0.0212. The first-order chi connectivity index (χ1) is 41.4. The lowest BCUT2D eigenvalue weighted by Crippen LogP contribution is -2.47. The molecule has 1 amide bonds. The number of phosphoric ester groups is 1. The molecule has 85 heavy (non-hydrogen) atoms. The molecule has 3 atom stereocenters. The Morgan fingerprint density at radius 3 is 1.09 bits per heavy atom. The number of rotatable bonds is 67. The van der Waals surface area contributed by atoms with E-state index in [1.165, 1.54) is 231 Å². The second-order valence-corrected chi connectivity index (χ2v) is 27.5. The molecule has 0 aromatic heterocycles. The lowest BCUT2D eigenvalue weighted by atomic mass is 10.0. The summed E-state index contributed by atoms with van der Waals surface area (Å²) >= 11 is 0. The van der Waals surface area contributed by atoms with Crippen LogP contribution in [0.4, 0.5) is 0 Å². The number of hydrogen-bond donors (Lipinski definition) is 1. The molecule has 0 aliphatic heterocycles. The van der Waals surface area contributed by atoms with Crippen LogP contribution in [0.2, 0.25) is 0 Å². The lowest BCUT2D eigenvalue weighted by molar-refractivity contribution is -0.870. The third-order valence-corrected chi connectivity index (χ3v) is 17.4. The Kier molecular flexibility index (Phi) is 62.9. The fourth-order valence-corrected chi connectivity index (χ4v) is 11.5. The molecule has 0 fully saturated rings. The second-order valence-electron chi connectivity index (χ2n) is 26.1. The maximum Gasteiger partial charge on any atom is 0.306 e. The van der Waals surface area contributed by atoms with Crippen molar-refractivity contribution in [3.05, 3.63) is 60.8 Å². The zero-order valence-electron chi connectivity index (χ0n) is 57.1. The number of likely N-dealkylation sites (N-methyl/N-ethyl adjacent to an activating group) is 1. The van der Waals surface area contributed by atoms with Crippen LogP contribution in [0.5, 0.6) is 0 Å². The highest BCUT2D eigenvalue weighted by molar-refractivity contribution is 7.45. The number of carbonyl (C=O) groups excluding carboxylic acids is 2. The number of unbranched alkanes of at least 4 members (excludes halogenated alkanes) is 43. The van der Waals surface area contributed by atoms with Crippen LogP contribution in [-0.2, 0) is 27.9 Å². The minimum atomic E-state index is -4.71. The van der Waals surface area contributed by atoms with Gasteiger partial charge in [0.2, 0.25) is 5.91 Å². The summed E-state index contributed by atoms with van der Waals surface area (Å²) < 4.78 is 30.5. The average Bonchev–Trinajstić information content (AvgIpc) is 3.52. The first-order valence-electron chi connectivity index (χ1n) is 36.6. The van der Waals surface area contributed by atoms with Crippen LogP contribution in [0.1, 0.15) is 355 Å². The molecule has 0 aromatic carbocycles. The largest absolute Gasteiger partial charge is 0.756 e. The second kappa shape index (κ2) is 64.7. The normalized spacial score (nSPS) is 13.8. The molecule has 3 unspecified atom stereocenters. The predicted molar refractivity (Wildman–Crippen MR) is 367 cm³/mol. The predicted octanol–water partition coefficient (Wildman–Crippen LogP) is 22.7. The highest BCUT2D eigenvalue weighted by atomic mass is 31.2. The molecule has 0 bridgehead atoms. The molecule has 0 aliphatic rings. The van der Waals surface area contributed by atoms with Crippen molar-refractivity contribution in [3.8, 4) is 0 Å². The van der Waals surface area contributed by atoms with Crippen molar-refractivity contribution >= 4 is 19.7 Å². The zero-order chi connectivity index (χ0) is 62.1. The van der Waals surface area contributed by atoms with Gasteiger partial charge in [0.1, 0.15) is 19.3 Å². The van der Waals surface area contributed by atoms with E-state index in [-0.39, 0.29) is 31.5 Å². The Labute approximate surface area is 528 Å². The van der Waals surface area contributed by atoms with Crippen LogP contribution in [0, 0.1) is 0 Å². The Bertz CT molecular complexity index is 1640. The SMILES string of the molecule is CCCCC/C=C\C/C=C\C/C=C\C/C=C\CCCCCCCCCC(=O)OC(/C=C/CCCCCCCCCCCCC)C(COP(=O)([O-])OCC[N+](C)(C)C)NC(=O)CCCCCCCCCCCCCCCCCCCCCCCCC. The van der Waals surface area contributed by atoms with E-state index >= 15 is 0 Å². The monoisotopic (exact) mass is 1210 g/mol. The number of ether oxygens (including phenoxy) is 1. The van der Waals surface area contributed by atoms with E-state index in [1.807, 2.05) is 33.3 Å². The van der Waals surface area contributed by atoms with Crippen LogP contribution in [0.3, 0.4) is 0 Å². The van der Waals surface area contributed by atoms with Crippen molar-refractivity contribution in [2.24, 2.45) is 0 Å². The number of phosphoric acid groups is 1. The van der Waals surface area contributed by atoms with Gasteiger partial charge in [-0.15, -0.1) is 0 Å². The number of hydrogen-bond acceptors (Lipinski definition) is 7. The van der Waals surface area contributed by atoms with Crippen molar-refractivity contribution < 1.29 is 37.3 Å². The van der Waals surface area contributed by atoms with Gasteiger partial charge in [-0.3, -0.25) is 14.2 Å². The van der Waals surface area contributed by atoms with Crippen molar-refractivity contribution in [1.82, 2.24) is 5.32 Å². The first kappa shape index (κ1) is 82.7. The molecule has 498 valence electrons. The molecule has 9 nitrogen and oxygen atoms in total. The van der Waals surface area contributed by atoms with Crippen LogP contribution in [0.15, 0.2) is 60.8 Å². The summed E-state index contributed by atoms with van der Waals surface area (Å²) in [5.74, 6) is -0.537. The van der Waals surface area contributed by atoms with Crippen molar-refractivity contribution in [2.45, 2.75) is 367 Å². The summed E-state index contributed by atoms with van der Waals surface area (Å²) in [5, 5.41) is 3.05. The summed E-state index contributed by atoms with van der Waals surface area (Å²) in [7, 11) is 1.19. The summed E-state index contributed by atoms with van der Waals surface area (Å²) in [6.45, 7) is 6.86. The number of amides is 1. The fraction of sp³-hybridized carbons (Fsp3) is 0.840. The molecule has 0 radical (unpaired) electrons. The standard InChI is InChI=1S/C75H141N2O7P/c1-7-10-13-16-19-22-25-28-30-32-34-36-38-40-42-44-46-49-52-55-58-61-64-67-74(78)76-72(71-83-85(80,81)82-70-69-77(4,5)6)73(66-63-60-57-54-51-48-27-24-21-18-15-12-9-3)84-75(79)68-65-62-59-56-53-50-47-45-43-41-39-37-35-33-31-29-26-23-20-17-14-11-8-2/h20,23,29,31,35,37,41,43,63,66,72-73H,7-19,21-22,24-28,30,32-34,36,38-40,42,44-62,64-65,67-71H2,1-6H3,(H-,76,78,80,81)/b23-20-,31-29-,37-35-,43-41-,66-63+. The molecule has 0 spiro atoms. The van der Waals surface area contributed by atoms with Crippen LogP contribution in [-0.4, -0.2) is 69.4 Å². The third kappa shape index (κ3) is 66.0. The van der Waals surface area contributed by atoms with Gasteiger partial charge in [0, 0.05) is 12.8 Å². The van der Waals surface area contributed by atoms with Gasteiger partial charge < -0.3 is 28.5 Å². The Hall–Kier alpha value is -2.29. The van der Waals surface area contributed by atoms with Crippen molar-refractivity contribution in [3.63, 3.8) is 0 Å². The fourth-order valence-electron chi connectivity index (χ4n) is 10.8. The zero-order valence-corrected chi connectivity index (χ0v) is 58.0. The van der Waals surface area contributed by atoms with E-state index in [9.17, 15) is 19.0 Å². The van der Waals surface area contributed by atoms with Gasteiger partial charge in [-0.05, 0) is 76.7 Å². The van der Waals surface area contributed by atoms with Crippen molar-refractivity contribution in [1.29, 1.82) is 0 Å². The lowest BCUT2D eigenvalue weighted by Gasteiger charge is -2.30. The molecule has 0 saturated carbocycles. The van der Waals surface area contributed by atoms with Gasteiger partial charge in [0.25, 0.3) is 7.82 Å². The van der Waals surface area contributed by atoms with Crippen LogP contribution in [0.25, 0.3) is 0 Å². The molecule has 1 N–H and O–H groups in total. The number of carbonyl (C=O) groups is 2. The maximum absolute atomic E-state index is 13.6.